The molecule has 1 aliphatic carbocycles. The third-order valence-corrected chi connectivity index (χ3v) is 6.64. The van der Waals surface area contributed by atoms with Gasteiger partial charge in [0.25, 0.3) is 11.8 Å². The van der Waals surface area contributed by atoms with Gasteiger partial charge in [-0.15, -0.1) is 11.3 Å². The SMILES string of the molecule is O=C(NC1CC1)c1cccc(NC(=O)[C@@H](Cc2c[nH]c3ccccc23)NC(=O)c2cccs2)c1. The molecule has 0 radical (unpaired) electrons. The Balaban J connectivity index is 1.36. The molecule has 34 heavy (non-hydrogen) atoms. The highest BCUT2D eigenvalue weighted by atomic mass is 32.1. The number of hydrogen-bond acceptors (Lipinski definition) is 4. The van der Waals surface area contributed by atoms with Crippen molar-refractivity contribution < 1.29 is 14.4 Å². The van der Waals surface area contributed by atoms with Crippen molar-refractivity contribution in [1.29, 1.82) is 0 Å². The molecule has 5 rings (SSSR count). The Bertz CT molecular complexity index is 1340. The number of carbonyl (C=O) groups excluding carboxylic acids is 3. The summed E-state index contributed by atoms with van der Waals surface area (Å²) in [5.74, 6) is -0.803. The summed E-state index contributed by atoms with van der Waals surface area (Å²) in [6.45, 7) is 0. The maximum atomic E-state index is 13.3. The highest BCUT2D eigenvalue weighted by Crippen LogP contribution is 2.22. The number of hydrogen-bond donors (Lipinski definition) is 4. The molecule has 0 spiro atoms. The highest BCUT2D eigenvalue weighted by Gasteiger charge is 2.25. The number of aromatic nitrogens is 1. The fourth-order valence-electron chi connectivity index (χ4n) is 3.83. The van der Waals surface area contributed by atoms with Crippen molar-refractivity contribution in [3.63, 3.8) is 0 Å². The van der Waals surface area contributed by atoms with Gasteiger partial charge in [0.15, 0.2) is 0 Å². The van der Waals surface area contributed by atoms with E-state index in [9.17, 15) is 14.4 Å². The van der Waals surface area contributed by atoms with Gasteiger partial charge in [0, 0.05) is 40.8 Å². The Morgan fingerprint density at radius 3 is 2.65 bits per heavy atom. The number of aromatic amines is 1. The van der Waals surface area contributed by atoms with Gasteiger partial charge < -0.3 is 20.9 Å². The van der Waals surface area contributed by atoms with Gasteiger partial charge >= 0.3 is 0 Å². The van der Waals surface area contributed by atoms with Crippen LogP contribution in [0, 0.1) is 0 Å². The zero-order chi connectivity index (χ0) is 23.5. The molecule has 1 saturated carbocycles. The average Bonchev–Trinajstić information content (AvgIpc) is 3.32. The van der Waals surface area contributed by atoms with Crippen LogP contribution in [0.25, 0.3) is 10.9 Å². The molecule has 4 aromatic rings. The summed E-state index contributed by atoms with van der Waals surface area (Å²) < 4.78 is 0. The van der Waals surface area contributed by atoms with E-state index in [2.05, 4.69) is 20.9 Å². The van der Waals surface area contributed by atoms with E-state index >= 15 is 0 Å². The summed E-state index contributed by atoms with van der Waals surface area (Å²) in [5.41, 5.74) is 2.89. The number of para-hydroxylation sites is 1. The maximum Gasteiger partial charge on any atom is 0.262 e. The lowest BCUT2D eigenvalue weighted by Crippen LogP contribution is -2.45. The smallest absolute Gasteiger partial charge is 0.262 e. The summed E-state index contributed by atoms with van der Waals surface area (Å²) >= 11 is 1.32. The molecule has 4 N–H and O–H groups in total. The molecule has 172 valence electrons. The number of rotatable bonds is 8. The van der Waals surface area contributed by atoms with Gasteiger partial charge in [-0.1, -0.05) is 30.3 Å². The zero-order valence-corrected chi connectivity index (χ0v) is 19.2. The molecular weight excluding hydrogens is 448 g/mol. The minimum absolute atomic E-state index is 0.153. The van der Waals surface area contributed by atoms with Crippen LogP contribution in [0.5, 0.6) is 0 Å². The lowest BCUT2D eigenvalue weighted by molar-refractivity contribution is -0.118. The molecular formula is C26H24N4O3S. The first-order chi connectivity index (χ1) is 16.6. The van der Waals surface area contributed by atoms with Crippen molar-refractivity contribution >= 4 is 45.6 Å². The second-order valence-corrected chi connectivity index (χ2v) is 9.33. The first-order valence-corrected chi connectivity index (χ1v) is 12.1. The molecule has 3 amide bonds. The number of benzene rings is 2. The minimum atomic E-state index is -0.808. The van der Waals surface area contributed by atoms with Gasteiger partial charge in [-0.2, -0.15) is 0 Å². The number of H-pyrrole nitrogens is 1. The summed E-state index contributed by atoms with van der Waals surface area (Å²) in [4.78, 5) is 42.2. The van der Waals surface area contributed by atoms with E-state index in [1.54, 1.807) is 36.4 Å². The monoisotopic (exact) mass is 472 g/mol. The van der Waals surface area contributed by atoms with Crippen LogP contribution < -0.4 is 16.0 Å². The fraction of sp³-hybridized carbons (Fsp3) is 0.192. The molecule has 2 heterocycles. The van der Waals surface area contributed by atoms with Gasteiger partial charge in [0.05, 0.1) is 4.88 Å². The van der Waals surface area contributed by atoms with E-state index in [-0.39, 0.29) is 23.8 Å². The Morgan fingerprint density at radius 1 is 1.00 bits per heavy atom. The third kappa shape index (κ3) is 5.02. The molecule has 2 aromatic carbocycles. The molecule has 8 heteroatoms. The van der Waals surface area contributed by atoms with Crippen LogP contribution in [-0.4, -0.2) is 34.8 Å². The number of carbonyl (C=O) groups is 3. The summed E-state index contributed by atoms with van der Waals surface area (Å²) in [6, 6.07) is 17.6. The van der Waals surface area contributed by atoms with Crippen LogP contribution in [-0.2, 0) is 11.2 Å². The molecule has 0 saturated heterocycles. The van der Waals surface area contributed by atoms with Crippen LogP contribution >= 0.6 is 11.3 Å². The first kappa shape index (κ1) is 21.9. The van der Waals surface area contributed by atoms with Crippen molar-refractivity contribution in [2.75, 3.05) is 5.32 Å². The number of fused-ring (bicyclic) bond motifs is 1. The standard InChI is InChI=1S/C26H24N4O3S/c31-24(28-18-10-11-18)16-5-3-6-19(13-16)29-25(32)22(30-26(33)23-9-4-12-34-23)14-17-15-27-21-8-2-1-7-20(17)21/h1-9,12-13,15,18,22,27H,10-11,14H2,(H,28,31)(H,29,32)(H,30,33)/t22-/m1/s1. The molecule has 0 aliphatic heterocycles. The largest absolute Gasteiger partial charge is 0.361 e. The molecule has 0 unspecified atom stereocenters. The van der Waals surface area contributed by atoms with Crippen molar-refractivity contribution in [2.45, 2.75) is 31.3 Å². The Kier molecular flexibility index (Phi) is 6.14. The van der Waals surface area contributed by atoms with Gasteiger partial charge in [-0.25, -0.2) is 0 Å². The average molecular weight is 473 g/mol. The summed E-state index contributed by atoms with van der Waals surface area (Å²) in [7, 11) is 0. The van der Waals surface area contributed by atoms with Gasteiger partial charge in [-0.05, 0) is 54.1 Å². The van der Waals surface area contributed by atoms with Crippen molar-refractivity contribution in [3.05, 3.63) is 88.2 Å². The van der Waals surface area contributed by atoms with Gasteiger partial charge in [0.2, 0.25) is 5.91 Å². The quantitative estimate of drug-likeness (QED) is 0.310. The van der Waals surface area contributed by atoms with Crippen LogP contribution in [0.15, 0.2) is 72.2 Å². The summed E-state index contributed by atoms with van der Waals surface area (Å²) in [5, 5.41) is 11.5. The summed E-state index contributed by atoms with van der Waals surface area (Å²) in [6.07, 6.45) is 4.18. The van der Waals surface area contributed by atoms with Crippen LogP contribution in [0.1, 0.15) is 38.4 Å². The van der Waals surface area contributed by atoms with Crippen molar-refractivity contribution in [1.82, 2.24) is 15.6 Å². The normalized spacial score (nSPS) is 13.9. The molecule has 0 bridgehead atoms. The maximum absolute atomic E-state index is 13.3. The Hall–Kier alpha value is -3.91. The van der Waals surface area contributed by atoms with Crippen LogP contribution in [0.4, 0.5) is 5.69 Å². The van der Waals surface area contributed by atoms with E-state index in [4.69, 9.17) is 0 Å². The van der Waals surface area contributed by atoms with E-state index < -0.39 is 6.04 Å². The molecule has 2 aromatic heterocycles. The van der Waals surface area contributed by atoms with Crippen molar-refractivity contribution in [3.8, 4) is 0 Å². The lowest BCUT2D eigenvalue weighted by atomic mass is 10.0. The number of nitrogens with one attached hydrogen (secondary N) is 4. The second kappa shape index (κ2) is 9.52. The molecule has 7 nitrogen and oxygen atoms in total. The van der Waals surface area contributed by atoms with Crippen LogP contribution in [0.3, 0.4) is 0 Å². The number of amides is 3. The predicted octanol–water partition coefficient (Wildman–Crippen LogP) is 4.10. The van der Waals surface area contributed by atoms with Gasteiger partial charge in [-0.3, -0.25) is 14.4 Å². The van der Waals surface area contributed by atoms with E-state index in [0.717, 1.165) is 29.3 Å². The topological polar surface area (TPSA) is 103 Å². The number of anilines is 1. The predicted molar refractivity (Wildman–Crippen MR) is 133 cm³/mol. The minimum Gasteiger partial charge on any atom is -0.361 e. The third-order valence-electron chi connectivity index (χ3n) is 5.77. The second-order valence-electron chi connectivity index (χ2n) is 8.38. The Labute approximate surface area is 200 Å². The molecule has 1 atom stereocenters. The molecule has 1 fully saturated rings. The first-order valence-electron chi connectivity index (χ1n) is 11.2. The van der Waals surface area contributed by atoms with E-state index in [1.165, 1.54) is 11.3 Å². The van der Waals surface area contributed by atoms with E-state index in [1.807, 2.05) is 35.8 Å². The van der Waals surface area contributed by atoms with Crippen LogP contribution in [0.2, 0.25) is 0 Å². The highest BCUT2D eigenvalue weighted by molar-refractivity contribution is 7.12. The number of thiophene rings is 1. The molecule has 1 aliphatic rings. The van der Waals surface area contributed by atoms with Gasteiger partial charge in [0.1, 0.15) is 6.04 Å². The zero-order valence-electron chi connectivity index (χ0n) is 18.3. The lowest BCUT2D eigenvalue weighted by Gasteiger charge is -2.18. The van der Waals surface area contributed by atoms with E-state index in [0.29, 0.717) is 22.5 Å². The Morgan fingerprint density at radius 2 is 1.85 bits per heavy atom. The van der Waals surface area contributed by atoms with Crippen molar-refractivity contribution in [2.24, 2.45) is 0 Å². The fourth-order valence-corrected chi connectivity index (χ4v) is 4.46.